The lowest BCUT2D eigenvalue weighted by atomic mass is 10.2. The molecule has 0 aliphatic carbocycles. The van der Waals surface area contributed by atoms with Gasteiger partial charge in [0.2, 0.25) is 0 Å². The topological polar surface area (TPSA) is 70.0 Å². The monoisotopic (exact) mass is 384 g/mol. The molecule has 0 aliphatic heterocycles. The van der Waals surface area contributed by atoms with E-state index in [0.29, 0.717) is 5.56 Å². The van der Waals surface area contributed by atoms with Crippen LogP contribution in [0.2, 0.25) is 5.02 Å². The molecule has 0 radical (unpaired) electrons. The van der Waals surface area contributed by atoms with Crippen molar-refractivity contribution in [2.24, 2.45) is 0 Å². The number of sulfonamides is 1. The Balaban J connectivity index is 2.46. The van der Waals surface area contributed by atoms with E-state index < -0.39 is 10.0 Å². The second kappa shape index (κ2) is 6.06. The van der Waals surface area contributed by atoms with E-state index in [1.807, 2.05) is 6.07 Å². The molecule has 1 N–H and O–H groups in total. The average molecular weight is 386 g/mol. The highest BCUT2D eigenvalue weighted by molar-refractivity contribution is 9.10. The Kier molecular flexibility index (Phi) is 4.57. The number of nitriles is 1. The molecular formula is C14H10BrClN2O2S. The van der Waals surface area contributed by atoms with Crippen molar-refractivity contribution in [2.75, 3.05) is 4.72 Å². The van der Waals surface area contributed by atoms with Gasteiger partial charge in [-0.25, -0.2) is 8.42 Å². The first kappa shape index (κ1) is 15.8. The Bertz CT molecular complexity index is 845. The third kappa shape index (κ3) is 3.56. The fraction of sp³-hybridized carbons (Fsp3) is 0.0714. The van der Waals surface area contributed by atoms with Crippen molar-refractivity contribution in [1.82, 2.24) is 0 Å². The van der Waals surface area contributed by atoms with Crippen LogP contribution < -0.4 is 4.72 Å². The summed E-state index contributed by atoms with van der Waals surface area (Å²) in [6.07, 6.45) is 0. The zero-order chi connectivity index (χ0) is 15.6. The molecule has 0 aliphatic rings. The Morgan fingerprint density at radius 2 is 1.95 bits per heavy atom. The highest BCUT2D eigenvalue weighted by atomic mass is 79.9. The molecule has 2 rings (SSSR count). The van der Waals surface area contributed by atoms with Crippen molar-refractivity contribution in [3.05, 3.63) is 57.0 Å². The average Bonchev–Trinajstić information content (AvgIpc) is 2.42. The number of rotatable bonds is 3. The Morgan fingerprint density at radius 3 is 2.57 bits per heavy atom. The fourth-order valence-electron chi connectivity index (χ4n) is 1.73. The second-order valence-corrected chi connectivity index (χ2v) is 7.30. The maximum Gasteiger partial charge on any atom is 0.262 e. The van der Waals surface area contributed by atoms with Crippen LogP contribution in [0.5, 0.6) is 0 Å². The highest BCUT2D eigenvalue weighted by Crippen LogP contribution is 2.28. The van der Waals surface area contributed by atoms with Gasteiger partial charge in [0.25, 0.3) is 10.0 Å². The summed E-state index contributed by atoms with van der Waals surface area (Å²) in [6.45, 7) is 1.67. The molecule has 0 spiro atoms. The van der Waals surface area contributed by atoms with Crippen molar-refractivity contribution in [2.45, 2.75) is 11.8 Å². The molecule has 0 aromatic heterocycles. The number of benzene rings is 2. The SMILES string of the molecule is Cc1ccc(C#N)cc1S(=O)(=O)Nc1ccc(Br)cc1Cl. The van der Waals surface area contributed by atoms with Crippen LogP contribution in [0.1, 0.15) is 11.1 Å². The zero-order valence-electron chi connectivity index (χ0n) is 10.9. The third-order valence-electron chi connectivity index (χ3n) is 2.78. The van der Waals surface area contributed by atoms with Gasteiger partial charge in [0, 0.05) is 4.47 Å². The first-order valence-corrected chi connectivity index (χ1v) is 8.47. The van der Waals surface area contributed by atoms with Crippen molar-refractivity contribution < 1.29 is 8.42 Å². The lowest BCUT2D eigenvalue weighted by Crippen LogP contribution is -2.14. The van der Waals surface area contributed by atoms with Gasteiger partial charge in [-0.2, -0.15) is 5.26 Å². The van der Waals surface area contributed by atoms with E-state index >= 15 is 0 Å². The van der Waals surface area contributed by atoms with Crippen LogP contribution in [0.3, 0.4) is 0 Å². The molecule has 108 valence electrons. The van der Waals surface area contributed by atoms with Gasteiger partial charge in [0.15, 0.2) is 0 Å². The summed E-state index contributed by atoms with van der Waals surface area (Å²) in [4.78, 5) is 0.0561. The summed E-state index contributed by atoms with van der Waals surface area (Å²) in [7, 11) is -3.81. The van der Waals surface area contributed by atoms with Crippen molar-refractivity contribution >= 4 is 43.2 Å². The molecule has 0 bridgehead atoms. The Labute approximate surface area is 136 Å². The summed E-state index contributed by atoms with van der Waals surface area (Å²) in [5.41, 5.74) is 1.11. The summed E-state index contributed by atoms with van der Waals surface area (Å²) in [5.74, 6) is 0. The lowest BCUT2D eigenvalue weighted by molar-refractivity contribution is 0.600. The maximum absolute atomic E-state index is 12.4. The number of nitrogens with zero attached hydrogens (tertiary/aromatic N) is 1. The lowest BCUT2D eigenvalue weighted by Gasteiger charge is -2.12. The minimum Gasteiger partial charge on any atom is -0.278 e. The molecule has 0 heterocycles. The number of nitrogens with one attached hydrogen (secondary N) is 1. The van der Waals surface area contributed by atoms with E-state index in [4.69, 9.17) is 16.9 Å². The zero-order valence-corrected chi connectivity index (χ0v) is 14.1. The van der Waals surface area contributed by atoms with Gasteiger partial charge in [0.05, 0.1) is 27.2 Å². The molecular weight excluding hydrogens is 376 g/mol. The smallest absolute Gasteiger partial charge is 0.262 e. The Morgan fingerprint density at radius 1 is 1.24 bits per heavy atom. The molecule has 0 saturated heterocycles. The molecule has 0 fully saturated rings. The third-order valence-corrected chi connectivity index (χ3v) is 5.10. The quantitative estimate of drug-likeness (QED) is 0.865. The molecule has 0 unspecified atom stereocenters. The van der Waals surface area contributed by atoms with Gasteiger partial charge in [-0.05, 0) is 42.8 Å². The summed E-state index contributed by atoms with van der Waals surface area (Å²) in [5, 5.41) is 9.17. The van der Waals surface area contributed by atoms with Crippen LogP contribution >= 0.6 is 27.5 Å². The van der Waals surface area contributed by atoms with Gasteiger partial charge >= 0.3 is 0 Å². The number of hydrogen-bond acceptors (Lipinski definition) is 3. The van der Waals surface area contributed by atoms with Crippen LogP contribution in [-0.2, 0) is 10.0 Å². The van der Waals surface area contributed by atoms with Crippen LogP contribution in [0.4, 0.5) is 5.69 Å². The van der Waals surface area contributed by atoms with E-state index in [2.05, 4.69) is 20.7 Å². The minimum atomic E-state index is -3.81. The van der Waals surface area contributed by atoms with Crippen LogP contribution in [0, 0.1) is 18.3 Å². The number of anilines is 1. The predicted molar refractivity (Wildman–Crippen MR) is 85.9 cm³/mol. The molecule has 2 aromatic carbocycles. The van der Waals surface area contributed by atoms with Gasteiger partial charge in [-0.15, -0.1) is 0 Å². The largest absolute Gasteiger partial charge is 0.278 e. The van der Waals surface area contributed by atoms with E-state index in [9.17, 15) is 8.42 Å². The van der Waals surface area contributed by atoms with E-state index in [-0.39, 0.29) is 21.2 Å². The minimum absolute atomic E-state index is 0.0561. The number of halogens is 2. The molecule has 21 heavy (non-hydrogen) atoms. The molecule has 7 heteroatoms. The molecule has 0 atom stereocenters. The fourth-order valence-corrected chi connectivity index (χ4v) is 3.86. The Hall–Kier alpha value is -1.55. The summed E-state index contributed by atoms with van der Waals surface area (Å²) in [6, 6.07) is 11.3. The maximum atomic E-state index is 12.4. The highest BCUT2D eigenvalue weighted by Gasteiger charge is 2.19. The molecule has 2 aromatic rings. The standard InChI is InChI=1S/C14H10BrClN2O2S/c1-9-2-3-10(8-17)6-14(9)21(19,20)18-13-5-4-11(15)7-12(13)16/h2-7,18H,1H3. The van der Waals surface area contributed by atoms with Crippen molar-refractivity contribution in [3.63, 3.8) is 0 Å². The molecule has 4 nitrogen and oxygen atoms in total. The van der Waals surface area contributed by atoms with Crippen LogP contribution in [0.25, 0.3) is 0 Å². The summed E-state index contributed by atoms with van der Waals surface area (Å²) < 4.78 is 28.1. The van der Waals surface area contributed by atoms with Gasteiger partial charge < -0.3 is 0 Å². The molecule has 0 saturated carbocycles. The van der Waals surface area contributed by atoms with Crippen LogP contribution in [0.15, 0.2) is 45.8 Å². The van der Waals surface area contributed by atoms with Crippen LogP contribution in [-0.4, -0.2) is 8.42 Å². The normalized spacial score (nSPS) is 11.0. The number of hydrogen-bond donors (Lipinski definition) is 1. The number of aryl methyl sites for hydroxylation is 1. The van der Waals surface area contributed by atoms with E-state index in [0.717, 1.165) is 4.47 Å². The first-order valence-electron chi connectivity index (χ1n) is 5.82. The predicted octanol–water partition coefficient (Wildman–Crippen LogP) is 4.08. The van der Waals surface area contributed by atoms with E-state index in [1.54, 1.807) is 37.3 Å². The van der Waals surface area contributed by atoms with E-state index in [1.165, 1.54) is 6.07 Å². The van der Waals surface area contributed by atoms with Crippen molar-refractivity contribution in [1.29, 1.82) is 5.26 Å². The first-order chi connectivity index (χ1) is 9.83. The van der Waals surface area contributed by atoms with Gasteiger partial charge in [-0.3, -0.25) is 4.72 Å². The van der Waals surface area contributed by atoms with Crippen molar-refractivity contribution in [3.8, 4) is 6.07 Å². The molecule has 0 amide bonds. The van der Waals surface area contributed by atoms with Gasteiger partial charge in [-0.1, -0.05) is 33.6 Å². The summed E-state index contributed by atoms with van der Waals surface area (Å²) >= 11 is 9.27. The second-order valence-electron chi connectivity index (χ2n) is 4.32. The van der Waals surface area contributed by atoms with Gasteiger partial charge in [0.1, 0.15) is 0 Å².